The van der Waals surface area contributed by atoms with Gasteiger partial charge in [0.25, 0.3) is 0 Å². The van der Waals surface area contributed by atoms with Crippen LogP contribution in [0.2, 0.25) is 0 Å². The van der Waals surface area contributed by atoms with Gasteiger partial charge < -0.3 is 4.90 Å². The third-order valence-corrected chi connectivity index (χ3v) is 3.34. The van der Waals surface area contributed by atoms with Crippen molar-refractivity contribution in [1.82, 2.24) is 10.2 Å². The van der Waals surface area contributed by atoms with Crippen molar-refractivity contribution < 1.29 is 0 Å². The molecule has 3 heteroatoms. The highest BCUT2D eigenvalue weighted by Gasteiger charge is 2.34. The second-order valence-electron chi connectivity index (χ2n) is 5.20. The lowest BCUT2D eigenvalue weighted by atomic mass is 10.0. The van der Waals surface area contributed by atoms with Gasteiger partial charge in [0.1, 0.15) is 5.54 Å². The monoisotopic (exact) mass is 207 g/mol. The molecule has 0 aromatic heterocycles. The summed E-state index contributed by atoms with van der Waals surface area (Å²) in [7, 11) is 0. The first-order valence-corrected chi connectivity index (χ1v) is 6.13. The van der Waals surface area contributed by atoms with Crippen LogP contribution < -0.4 is 5.32 Å². The van der Waals surface area contributed by atoms with E-state index in [4.69, 9.17) is 0 Å². The highest BCUT2D eigenvalue weighted by molar-refractivity contribution is 5.09. The van der Waals surface area contributed by atoms with Crippen molar-refractivity contribution in [2.24, 2.45) is 0 Å². The zero-order valence-corrected chi connectivity index (χ0v) is 9.63. The molecule has 1 aliphatic carbocycles. The Morgan fingerprint density at radius 1 is 1.33 bits per heavy atom. The van der Waals surface area contributed by atoms with Crippen molar-refractivity contribution in [3.8, 4) is 6.07 Å². The zero-order valence-electron chi connectivity index (χ0n) is 9.63. The first-order chi connectivity index (χ1) is 7.22. The van der Waals surface area contributed by atoms with Crippen LogP contribution in [0, 0.1) is 11.3 Å². The molecule has 0 spiro atoms. The molecular weight excluding hydrogens is 186 g/mol. The summed E-state index contributed by atoms with van der Waals surface area (Å²) < 4.78 is 0. The fourth-order valence-electron chi connectivity index (χ4n) is 2.36. The molecule has 2 aliphatic rings. The number of hydrogen-bond acceptors (Lipinski definition) is 3. The van der Waals surface area contributed by atoms with Gasteiger partial charge in [-0.15, -0.1) is 0 Å². The molecule has 84 valence electrons. The van der Waals surface area contributed by atoms with Gasteiger partial charge in [-0.1, -0.05) is 6.42 Å². The predicted octanol–water partition coefficient (Wildman–Crippen LogP) is 1.51. The summed E-state index contributed by atoms with van der Waals surface area (Å²) >= 11 is 0. The average Bonchev–Trinajstić information content (AvgIpc) is 3.03. The van der Waals surface area contributed by atoms with Crippen molar-refractivity contribution in [1.29, 1.82) is 5.26 Å². The standard InChI is InChI=1S/C12H21N3/c1-12(9-13,14-11-5-6-11)10-15-7-3-2-4-8-15/h11,14H,2-8,10H2,1H3. The van der Waals surface area contributed by atoms with Crippen LogP contribution in [-0.4, -0.2) is 36.1 Å². The van der Waals surface area contributed by atoms with Crippen LogP contribution in [0.3, 0.4) is 0 Å². The van der Waals surface area contributed by atoms with Gasteiger partial charge in [-0.25, -0.2) is 0 Å². The molecule has 1 aliphatic heterocycles. The van der Waals surface area contributed by atoms with Gasteiger partial charge in [0, 0.05) is 12.6 Å². The van der Waals surface area contributed by atoms with Crippen LogP contribution in [0.4, 0.5) is 0 Å². The minimum absolute atomic E-state index is 0.335. The molecule has 1 saturated carbocycles. The Morgan fingerprint density at radius 3 is 2.53 bits per heavy atom. The molecule has 1 unspecified atom stereocenters. The molecule has 15 heavy (non-hydrogen) atoms. The van der Waals surface area contributed by atoms with E-state index in [2.05, 4.69) is 16.3 Å². The highest BCUT2D eigenvalue weighted by Crippen LogP contribution is 2.23. The maximum Gasteiger partial charge on any atom is 0.116 e. The van der Waals surface area contributed by atoms with Gasteiger partial charge >= 0.3 is 0 Å². The summed E-state index contributed by atoms with van der Waals surface area (Å²) in [6.07, 6.45) is 6.44. The maximum absolute atomic E-state index is 9.25. The molecule has 0 aromatic rings. The zero-order chi connectivity index (χ0) is 10.7. The second-order valence-corrected chi connectivity index (χ2v) is 5.20. The molecule has 1 heterocycles. The summed E-state index contributed by atoms with van der Waals surface area (Å²) in [6.45, 7) is 5.27. The van der Waals surface area contributed by atoms with E-state index in [1.165, 1.54) is 45.2 Å². The minimum atomic E-state index is -0.335. The van der Waals surface area contributed by atoms with Gasteiger partial charge in [-0.05, 0) is 45.7 Å². The molecule has 1 saturated heterocycles. The Morgan fingerprint density at radius 2 is 2.00 bits per heavy atom. The van der Waals surface area contributed by atoms with E-state index in [-0.39, 0.29) is 5.54 Å². The Bertz CT molecular complexity index is 248. The molecule has 1 atom stereocenters. The number of nitriles is 1. The van der Waals surface area contributed by atoms with E-state index >= 15 is 0 Å². The SMILES string of the molecule is CC(C#N)(CN1CCCCC1)NC1CC1. The fourth-order valence-corrected chi connectivity index (χ4v) is 2.36. The van der Waals surface area contributed by atoms with E-state index in [9.17, 15) is 5.26 Å². The molecular formula is C12H21N3. The third kappa shape index (κ3) is 3.19. The van der Waals surface area contributed by atoms with Crippen LogP contribution in [0.15, 0.2) is 0 Å². The van der Waals surface area contributed by atoms with Crippen LogP contribution in [0.1, 0.15) is 39.0 Å². The lowest BCUT2D eigenvalue weighted by Crippen LogP contribution is -2.52. The van der Waals surface area contributed by atoms with Crippen molar-refractivity contribution >= 4 is 0 Å². The molecule has 0 aromatic carbocycles. The summed E-state index contributed by atoms with van der Waals surface area (Å²) in [4.78, 5) is 2.43. The summed E-state index contributed by atoms with van der Waals surface area (Å²) in [6, 6.07) is 3.05. The topological polar surface area (TPSA) is 39.1 Å². The lowest BCUT2D eigenvalue weighted by molar-refractivity contribution is 0.187. The number of nitrogens with one attached hydrogen (secondary N) is 1. The largest absolute Gasteiger partial charge is 0.300 e. The van der Waals surface area contributed by atoms with E-state index < -0.39 is 0 Å². The smallest absolute Gasteiger partial charge is 0.116 e. The molecule has 2 rings (SSSR count). The second kappa shape index (κ2) is 4.51. The molecule has 0 radical (unpaired) electrons. The number of likely N-dealkylation sites (tertiary alicyclic amines) is 1. The quantitative estimate of drug-likeness (QED) is 0.759. The normalized spacial score (nSPS) is 26.9. The Kier molecular flexibility index (Phi) is 3.28. The number of nitrogens with zero attached hydrogens (tertiary/aromatic N) is 2. The van der Waals surface area contributed by atoms with Crippen LogP contribution >= 0.6 is 0 Å². The third-order valence-electron chi connectivity index (χ3n) is 3.34. The number of rotatable bonds is 4. The van der Waals surface area contributed by atoms with Crippen molar-refractivity contribution in [3.63, 3.8) is 0 Å². The van der Waals surface area contributed by atoms with E-state index in [1.807, 2.05) is 6.92 Å². The van der Waals surface area contributed by atoms with Crippen LogP contribution in [0.5, 0.6) is 0 Å². The van der Waals surface area contributed by atoms with Gasteiger partial charge in [0.2, 0.25) is 0 Å². The maximum atomic E-state index is 9.25. The molecule has 1 N–H and O–H groups in total. The molecule has 0 amide bonds. The summed E-state index contributed by atoms with van der Waals surface area (Å²) in [5.41, 5.74) is -0.335. The van der Waals surface area contributed by atoms with Crippen molar-refractivity contribution in [2.75, 3.05) is 19.6 Å². The van der Waals surface area contributed by atoms with Crippen molar-refractivity contribution in [2.45, 2.75) is 50.6 Å². The van der Waals surface area contributed by atoms with E-state index in [1.54, 1.807) is 0 Å². The molecule has 0 bridgehead atoms. The number of piperidine rings is 1. The Labute approximate surface area is 92.4 Å². The molecule has 3 nitrogen and oxygen atoms in total. The van der Waals surface area contributed by atoms with Gasteiger partial charge in [0.05, 0.1) is 6.07 Å². The van der Waals surface area contributed by atoms with Crippen molar-refractivity contribution in [3.05, 3.63) is 0 Å². The van der Waals surface area contributed by atoms with Crippen LogP contribution in [0.25, 0.3) is 0 Å². The van der Waals surface area contributed by atoms with Gasteiger partial charge in [-0.2, -0.15) is 5.26 Å². The fraction of sp³-hybridized carbons (Fsp3) is 0.917. The Balaban J connectivity index is 1.85. The number of hydrogen-bond donors (Lipinski definition) is 1. The van der Waals surface area contributed by atoms with Gasteiger partial charge in [0.15, 0.2) is 0 Å². The average molecular weight is 207 g/mol. The highest BCUT2D eigenvalue weighted by atomic mass is 15.2. The first kappa shape index (κ1) is 10.9. The Hall–Kier alpha value is -0.590. The predicted molar refractivity (Wildman–Crippen MR) is 60.5 cm³/mol. The van der Waals surface area contributed by atoms with E-state index in [0.29, 0.717) is 6.04 Å². The minimum Gasteiger partial charge on any atom is -0.300 e. The molecule has 2 fully saturated rings. The van der Waals surface area contributed by atoms with E-state index in [0.717, 1.165) is 6.54 Å². The first-order valence-electron chi connectivity index (χ1n) is 6.13. The lowest BCUT2D eigenvalue weighted by Gasteiger charge is -2.33. The van der Waals surface area contributed by atoms with Gasteiger partial charge in [-0.3, -0.25) is 5.32 Å². The van der Waals surface area contributed by atoms with Crippen LogP contribution in [-0.2, 0) is 0 Å². The summed E-state index contributed by atoms with van der Waals surface area (Å²) in [5, 5.41) is 12.7. The summed E-state index contributed by atoms with van der Waals surface area (Å²) in [5.74, 6) is 0.